The van der Waals surface area contributed by atoms with Crippen LogP contribution in [-0.2, 0) is 17.8 Å². The summed E-state index contributed by atoms with van der Waals surface area (Å²) >= 11 is 1.64. The number of carbonyl (C=O) groups excluding carboxylic acids is 2. The maximum absolute atomic E-state index is 13.7. The van der Waals surface area contributed by atoms with Gasteiger partial charge in [-0.2, -0.15) is 0 Å². The number of methoxy groups -OCH3 is 2. The van der Waals surface area contributed by atoms with Gasteiger partial charge in [0.15, 0.2) is 11.5 Å². The summed E-state index contributed by atoms with van der Waals surface area (Å²) in [5.41, 5.74) is 2.83. The first-order chi connectivity index (χ1) is 19.2. The Morgan fingerprint density at radius 3 is 2.30 bits per heavy atom. The van der Waals surface area contributed by atoms with Crippen LogP contribution >= 0.6 is 11.3 Å². The Hall–Kier alpha value is -3.72. The second-order valence-corrected chi connectivity index (χ2v) is 10.9. The van der Waals surface area contributed by atoms with Crippen LogP contribution in [0.3, 0.4) is 0 Å². The Balaban J connectivity index is 1.75. The van der Waals surface area contributed by atoms with Gasteiger partial charge in [-0.1, -0.05) is 19.9 Å². The molecule has 0 radical (unpaired) electrons. The Kier molecular flexibility index (Phi) is 11.7. The fraction of sp³-hybridized carbons (Fsp3) is 0.419. The zero-order valence-electron chi connectivity index (χ0n) is 24.4. The molecule has 0 aliphatic rings. The van der Waals surface area contributed by atoms with Crippen LogP contribution in [0.4, 0.5) is 10.5 Å². The van der Waals surface area contributed by atoms with E-state index >= 15 is 0 Å². The van der Waals surface area contributed by atoms with Crippen molar-refractivity contribution >= 4 is 29.0 Å². The SMILES string of the molecule is CCOc1ccc(NC(=O)N(CC(=O)N(CCc2ccc(OC)c(OC)c2)Cc2sccc2C)CC(C)C)cc1. The number of thiophene rings is 1. The Morgan fingerprint density at radius 2 is 1.70 bits per heavy atom. The van der Waals surface area contributed by atoms with Crippen molar-refractivity contribution in [2.45, 2.75) is 40.7 Å². The number of nitrogens with zero attached hydrogens (tertiary/aromatic N) is 2. The molecule has 3 amide bonds. The summed E-state index contributed by atoms with van der Waals surface area (Å²) in [7, 11) is 3.22. The second kappa shape index (κ2) is 15.2. The number of amides is 3. The Bertz CT molecular complexity index is 1240. The molecular formula is C31H41N3O5S. The predicted molar refractivity (Wildman–Crippen MR) is 161 cm³/mol. The minimum absolute atomic E-state index is 0.0165. The molecule has 0 bridgehead atoms. The van der Waals surface area contributed by atoms with Crippen LogP contribution < -0.4 is 19.5 Å². The maximum Gasteiger partial charge on any atom is 0.322 e. The lowest BCUT2D eigenvalue weighted by molar-refractivity contribution is -0.132. The number of rotatable bonds is 14. The molecule has 1 heterocycles. The van der Waals surface area contributed by atoms with Gasteiger partial charge in [-0.05, 0) is 85.2 Å². The second-order valence-electron chi connectivity index (χ2n) is 9.94. The van der Waals surface area contributed by atoms with Crippen molar-refractivity contribution in [2.75, 3.05) is 45.8 Å². The van der Waals surface area contributed by atoms with Crippen molar-refractivity contribution in [3.63, 3.8) is 0 Å². The fourth-order valence-electron chi connectivity index (χ4n) is 4.26. The van der Waals surface area contributed by atoms with Crippen molar-refractivity contribution in [3.8, 4) is 17.2 Å². The van der Waals surface area contributed by atoms with Crippen LogP contribution in [-0.4, -0.2) is 62.2 Å². The van der Waals surface area contributed by atoms with Crippen molar-refractivity contribution in [1.82, 2.24) is 9.80 Å². The van der Waals surface area contributed by atoms with Crippen LogP contribution in [0, 0.1) is 12.8 Å². The quantitative estimate of drug-likeness (QED) is 0.250. The molecule has 0 atom stereocenters. The molecule has 0 saturated heterocycles. The highest BCUT2D eigenvalue weighted by molar-refractivity contribution is 7.10. The lowest BCUT2D eigenvalue weighted by Gasteiger charge is -2.29. The minimum Gasteiger partial charge on any atom is -0.494 e. The van der Waals surface area contributed by atoms with E-state index in [0.29, 0.717) is 49.8 Å². The van der Waals surface area contributed by atoms with Crippen molar-refractivity contribution in [1.29, 1.82) is 0 Å². The molecule has 0 unspecified atom stereocenters. The van der Waals surface area contributed by atoms with Crippen LogP contribution in [0.2, 0.25) is 0 Å². The molecule has 40 heavy (non-hydrogen) atoms. The van der Waals surface area contributed by atoms with E-state index in [1.54, 1.807) is 42.6 Å². The summed E-state index contributed by atoms with van der Waals surface area (Å²) in [5.74, 6) is 2.15. The van der Waals surface area contributed by atoms with Gasteiger partial charge >= 0.3 is 6.03 Å². The number of carbonyl (C=O) groups is 2. The Labute approximate surface area is 241 Å². The van der Waals surface area contributed by atoms with Gasteiger partial charge < -0.3 is 29.3 Å². The molecule has 1 aromatic heterocycles. The number of urea groups is 1. The van der Waals surface area contributed by atoms with Gasteiger partial charge in [-0.15, -0.1) is 11.3 Å². The molecule has 1 N–H and O–H groups in total. The summed E-state index contributed by atoms with van der Waals surface area (Å²) in [6.07, 6.45) is 0.638. The van der Waals surface area contributed by atoms with Gasteiger partial charge in [-0.25, -0.2) is 4.79 Å². The number of benzene rings is 2. The standard InChI is InChI=1S/C31H41N3O5S/c1-7-39-26-11-9-25(10-12-26)32-31(36)34(19-22(2)3)21-30(35)33(20-29-23(4)15-17-40-29)16-14-24-8-13-27(37-5)28(18-24)38-6/h8-13,15,17-18,22H,7,14,16,19-21H2,1-6H3,(H,32,36). The summed E-state index contributed by atoms with van der Waals surface area (Å²) in [5, 5.41) is 4.97. The Morgan fingerprint density at radius 1 is 0.975 bits per heavy atom. The minimum atomic E-state index is -0.307. The fourth-order valence-corrected chi connectivity index (χ4v) is 5.18. The summed E-state index contributed by atoms with van der Waals surface area (Å²) in [4.78, 5) is 31.6. The number of aryl methyl sites for hydroxylation is 1. The molecule has 0 fully saturated rings. The molecule has 216 valence electrons. The van der Waals surface area contributed by atoms with Gasteiger partial charge in [-0.3, -0.25) is 4.79 Å². The number of ether oxygens (including phenoxy) is 3. The molecule has 2 aromatic carbocycles. The number of anilines is 1. The highest BCUT2D eigenvalue weighted by Gasteiger charge is 2.23. The van der Waals surface area contributed by atoms with E-state index in [1.807, 2.05) is 61.4 Å². The van der Waals surface area contributed by atoms with Crippen LogP contribution in [0.15, 0.2) is 53.9 Å². The first-order valence-corrected chi connectivity index (χ1v) is 14.4. The van der Waals surface area contributed by atoms with Gasteiger partial charge in [0.2, 0.25) is 5.91 Å². The number of nitrogens with one attached hydrogen (secondary N) is 1. The molecule has 3 aromatic rings. The molecule has 0 spiro atoms. The van der Waals surface area contributed by atoms with Crippen LogP contribution in [0.1, 0.15) is 36.8 Å². The highest BCUT2D eigenvalue weighted by atomic mass is 32.1. The molecule has 0 aliphatic heterocycles. The molecule has 3 rings (SSSR count). The van der Waals surface area contributed by atoms with E-state index in [4.69, 9.17) is 14.2 Å². The topological polar surface area (TPSA) is 80.3 Å². The van der Waals surface area contributed by atoms with Gasteiger partial charge in [0.05, 0.1) is 27.4 Å². The maximum atomic E-state index is 13.7. The van der Waals surface area contributed by atoms with Crippen LogP contribution in [0.25, 0.3) is 0 Å². The average molecular weight is 568 g/mol. The van der Waals surface area contributed by atoms with Crippen molar-refractivity contribution in [3.05, 3.63) is 69.9 Å². The van der Waals surface area contributed by atoms with E-state index in [2.05, 4.69) is 18.3 Å². The first-order valence-electron chi connectivity index (χ1n) is 13.5. The third-order valence-electron chi connectivity index (χ3n) is 6.39. The average Bonchev–Trinajstić information content (AvgIpc) is 3.35. The van der Waals surface area contributed by atoms with Gasteiger partial charge in [0.1, 0.15) is 12.3 Å². The van der Waals surface area contributed by atoms with E-state index in [1.165, 1.54) is 0 Å². The first kappa shape index (κ1) is 30.8. The van der Waals surface area contributed by atoms with Gasteiger partial charge in [0, 0.05) is 23.7 Å². The van der Waals surface area contributed by atoms with Crippen molar-refractivity contribution < 1.29 is 23.8 Å². The molecular weight excluding hydrogens is 526 g/mol. The lowest BCUT2D eigenvalue weighted by Crippen LogP contribution is -2.46. The number of hydrogen-bond acceptors (Lipinski definition) is 6. The zero-order valence-corrected chi connectivity index (χ0v) is 25.2. The molecule has 8 nitrogen and oxygen atoms in total. The monoisotopic (exact) mass is 567 g/mol. The summed E-state index contributed by atoms with van der Waals surface area (Å²) in [6.45, 7) is 10.0. The van der Waals surface area contributed by atoms with Gasteiger partial charge in [0.25, 0.3) is 0 Å². The highest BCUT2D eigenvalue weighted by Crippen LogP contribution is 2.28. The number of hydrogen-bond donors (Lipinski definition) is 1. The van der Waals surface area contributed by atoms with Crippen LogP contribution in [0.5, 0.6) is 17.2 Å². The smallest absolute Gasteiger partial charge is 0.322 e. The van der Waals surface area contributed by atoms with Crippen molar-refractivity contribution in [2.24, 2.45) is 5.92 Å². The largest absolute Gasteiger partial charge is 0.494 e. The van der Waals surface area contributed by atoms with E-state index in [-0.39, 0.29) is 24.4 Å². The lowest BCUT2D eigenvalue weighted by atomic mass is 10.1. The third kappa shape index (κ3) is 8.91. The predicted octanol–water partition coefficient (Wildman–Crippen LogP) is 6.23. The normalized spacial score (nSPS) is 10.8. The molecule has 0 saturated carbocycles. The zero-order chi connectivity index (χ0) is 29.1. The van der Waals surface area contributed by atoms with E-state index in [9.17, 15) is 9.59 Å². The summed E-state index contributed by atoms with van der Waals surface area (Å²) in [6, 6.07) is 14.8. The van der Waals surface area contributed by atoms with E-state index in [0.717, 1.165) is 21.8 Å². The van der Waals surface area contributed by atoms with E-state index < -0.39 is 0 Å². The third-order valence-corrected chi connectivity index (χ3v) is 7.40. The molecule has 0 aliphatic carbocycles. The molecule has 9 heteroatoms. The summed E-state index contributed by atoms with van der Waals surface area (Å²) < 4.78 is 16.3.